The molecule has 1 fully saturated rings. The Morgan fingerprint density at radius 3 is 2.15 bits per heavy atom. The minimum atomic E-state index is -3.73. The largest absolute Gasteiger partial charge is 0.544 e. The highest BCUT2D eigenvalue weighted by Gasteiger charge is 2.39. The zero-order valence-corrected chi connectivity index (χ0v) is 30.9. The van der Waals surface area contributed by atoms with Gasteiger partial charge in [0.25, 0.3) is 0 Å². The Labute approximate surface area is 289 Å². The van der Waals surface area contributed by atoms with Crippen LogP contribution in [0.25, 0.3) is 11.3 Å². The normalized spacial score (nSPS) is 15.2. The quantitative estimate of drug-likeness (QED) is 0.0911. The first-order valence-electron chi connectivity index (χ1n) is 16.2. The van der Waals surface area contributed by atoms with Crippen LogP contribution in [-0.4, -0.2) is 91.7 Å². The molecule has 0 radical (unpaired) electrons. The molecule has 1 amide bonds. The lowest BCUT2D eigenvalue weighted by Gasteiger charge is -2.36. The van der Waals surface area contributed by atoms with Crippen LogP contribution in [0.4, 0.5) is 0 Å². The SMILES string of the molecule is CC(C)(C)[Si](C)(C)Oc1ccc(-c2cn(C(CSc3ccccc3)C(=O)N3CCN(CCS(=O)(=O)Oc4ccccc4)CC3)nn2)cc1. The van der Waals surface area contributed by atoms with E-state index in [1.165, 1.54) is 0 Å². The van der Waals surface area contributed by atoms with E-state index in [2.05, 4.69) is 49.1 Å². The fourth-order valence-electron chi connectivity index (χ4n) is 4.96. The molecule has 1 atom stereocenters. The zero-order valence-electron chi connectivity index (χ0n) is 28.3. The molecule has 1 aliphatic rings. The molecule has 2 heterocycles. The summed E-state index contributed by atoms with van der Waals surface area (Å²) in [7, 11) is -5.70. The molecule has 256 valence electrons. The first-order chi connectivity index (χ1) is 22.8. The number of aromatic nitrogens is 3. The number of piperazine rings is 1. The van der Waals surface area contributed by atoms with Gasteiger partial charge in [-0.3, -0.25) is 9.69 Å². The summed E-state index contributed by atoms with van der Waals surface area (Å²) in [5, 5.41) is 8.97. The van der Waals surface area contributed by atoms with E-state index in [4.69, 9.17) is 8.61 Å². The molecular formula is C35H45N5O5S2Si. The van der Waals surface area contributed by atoms with Crippen molar-refractivity contribution in [3.05, 3.63) is 91.1 Å². The second-order valence-corrected chi connectivity index (χ2v) is 20.9. The summed E-state index contributed by atoms with van der Waals surface area (Å²) in [4.78, 5) is 19.0. The summed E-state index contributed by atoms with van der Waals surface area (Å²) in [6, 6.07) is 25.8. The van der Waals surface area contributed by atoms with E-state index < -0.39 is 24.5 Å². The fraction of sp³-hybridized carbons (Fsp3) is 0.400. The topological polar surface area (TPSA) is 107 Å². The number of hydrogen-bond donors (Lipinski definition) is 0. The van der Waals surface area contributed by atoms with Crippen molar-refractivity contribution in [3.63, 3.8) is 0 Å². The van der Waals surface area contributed by atoms with E-state index in [0.29, 0.717) is 49.9 Å². The maximum atomic E-state index is 14.0. The molecule has 0 spiro atoms. The highest BCUT2D eigenvalue weighted by Crippen LogP contribution is 2.37. The van der Waals surface area contributed by atoms with Crippen molar-refractivity contribution in [1.82, 2.24) is 24.8 Å². The molecule has 0 aliphatic carbocycles. The van der Waals surface area contributed by atoms with E-state index in [1.807, 2.05) is 65.7 Å². The number of hydrogen-bond acceptors (Lipinski definition) is 9. The Kier molecular flexibility index (Phi) is 11.3. The van der Waals surface area contributed by atoms with Gasteiger partial charge in [0.2, 0.25) is 14.2 Å². The average molecular weight is 708 g/mol. The van der Waals surface area contributed by atoms with Crippen LogP contribution in [0, 0.1) is 0 Å². The van der Waals surface area contributed by atoms with Gasteiger partial charge in [0, 0.05) is 48.9 Å². The Morgan fingerprint density at radius 2 is 1.52 bits per heavy atom. The van der Waals surface area contributed by atoms with Gasteiger partial charge in [0.15, 0.2) is 0 Å². The Bertz CT molecular complexity index is 1740. The van der Waals surface area contributed by atoms with Gasteiger partial charge in [-0.1, -0.05) is 62.4 Å². The first kappa shape index (κ1) is 35.6. The summed E-state index contributed by atoms with van der Waals surface area (Å²) in [5.74, 6) is 1.46. The molecule has 4 aromatic rings. The molecule has 0 bridgehead atoms. The molecule has 1 aliphatic heterocycles. The molecule has 5 rings (SSSR count). The van der Waals surface area contributed by atoms with Crippen molar-refractivity contribution in [2.24, 2.45) is 0 Å². The predicted molar refractivity (Wildman–Crippen MR) is 193 cm³/mol. The highest BCUT2D eigenvalue weighted by atomic mass is 32.2. The number of carbonyl (C=O) groups excluding carboxylic acids is 1. The zero-order chi connectivity index (χ0) is 34.4. The van der Waals surface area contributed by atoms with Gasteiger partial charge in [0.05, 0.1) is 11.9 Å². The van der Waals surface area contributed by atoms with Crippen molar-refractivity contribution in [3.8, 4) is 22.8 Å². The lowest BCUT2D eigenvalue weighted by molar-refractivity contribution is -0.136. The van der Waals surface area contributed by atoms with Gasteiger partial charge in [0.1, 0.15) is 23.2 Å². The van der Waals surface area contributed by atoms with Gasteiger partial charge < -0.3 is 13.5 Å². The van der Waals surface area contributed by atoms with Crippen LogP contribution in [0.3, 0.4) is 0 Å². The molecule has 48 heavy (non-hydrogen) atoms. The molecule has 1 saturated heterocycles. The molecule has 0 N–H and O–H groups in total. The predicted octanol–water partition coefficient (Wildman–Crippen LogP) is 6.22. The molecule has 10 nitrogen and oxygen atoms in total. The highest BCUT2D eigenvalue weighted by molar-refractivity contribution is 7.99. The van der Waals surface area contributed by atoms with Crippen LogP contribution >= 0.6 is 11.8 Å². The number of benzene rings is 3. The summed E-state index contributed by atoms with van der Waals surface area (Å²) in [5.41, 5.74) is 1.57. The number of nitrogens with zero attached hydrogens (tertiary/aromatic N) is 5. The minimum Gasteiger partial charge on any atom is -0.544 e. The number of thioether (sulfide) groups is 1. The van der Waals surface area contributed by atoms with Gasteiger partial charge >= 0.3 is 10.1 Å². The van der Waals surface area contributed by atoms with Gasteiger partial charge in [-0.2, -0.15) is 8.42 Å². The van der Waals surface area contributed by atoms with Gasteiger partial charge in [-0.05, 0) is 66.7 Å². The Balaban J connectivity index is 1.23. The first-order valence-corrected chi connectivity index (χ1v) is 21.6. The molecule has 1 aromatic heterocycles. The molecule has 3 aromatic carbocycles. The molecule has 0 saturated carbocycles. The van der Waals surface area contributed by atoms with Crippen LogP contribution < -0.4 is 8.61 Å². The lowest BCUT2D eigenvalue weighted by Crippen LogP contribution is -2.51. The van der Waals surface area contributed by atoms with Crippen molar-refractivity contribution < 1.29 is 21.8 Å². The number of para-hydroxylation sites is 1. The van der Waals surface area contributed by atoms with E-state index in [9.17, 15) is 13.2 Å². The summed E-state index contributed by atoms with van der Waals surface area (Å²) in [6.07, 6.45) is 1.84. The molecule has 13 heteroatoms. The van der Waals surface area contributed by atoms with E-state index in [-0.39, 0.29) is 16.7 Å². The standard InChI is InChI=1S/C35H45N5O5S2Si/c1-35(2,3)48(4,5)45-30-18-16-28(17-19-30)32-26-40(37-36-32)33(27-46-31-14-10-7-11-15-31)34(41)39-22-20-38(21-23-39)24-25-47(42,43)44-29-12-8-6-9-13-29/h6-19,26,33H,20-25,27H2,1-5H3. The second kappa shape index (κ2) is 15.3. The van der Waals surface area contributed by atoms with Crippen LogP contribution in [0.2, 0.25) is 18.1 Å². The van der Waals surface area contributed by atoms with Crippen molar-refractivity contribution >= 4 is 36.1 Å². The fourth-order valence-corrected chi connectivity index (χ4v) is 7.96. The maximum Gasteiger partial charge on any atom is 0.310 e. The summed E-state index contributed by atoms with van der Waals surface area (Å²) < 4.78 is 38.4. The van der Waals surface area contributed by atoms with Crippen LogP contribution in [0.5, 0.6) is 11.5 Å². The number of amides is 1. The minimum absolute atomic E-state index is 0.0346. The second-order valence-electron chi connectivity index (χ2n) is 13.4. The molecule has 1 unspecified atom stereocenters. The van der Waals surface area contributed by atoms with Crippen LogP contribution in [0.1, 0.15) is 26.8 Å². The third-order valence-corrected chi connectivity index (χ3v) is 15.5. The van der Waals surface area contributed by atoms with Crippen LogP contribution in [0.15, 0.2) is 96.0 Å². The van der Waals surface area contributed by atoms with E-state index in [0.717, 1.165) is 16.2 Å². The van der Waals surface area contributed by atoms with Gasteiger partial charge in [-0.15, -0.1) is 16.9 Å². The van der Waals surface area contributed by atoms with E-state index >= 15 is 0 Å². The number of carbonyl (C=O) groups is 1. The smallest absolute Gasteiger partial charge is 0.310 e. The Hall–Kier alpha value is -3.65. The third-order valence-electron chi connectivity index (χ3n) is 8.90. The van der Waals surface area contributed by atoms with Crippen molar-refractivity contribution in [1.29, 1.82) is 0 Å². The van der Waals surface area contributed by atoms with Crippen LogP contribution in [-0.2, 0) is 14.9 Å². The van der Waals surface area contributed by atoms with Gasteiger partial charge in [-0.25, -0.2) is 4.68 Å². The van der Waals surface area contributed by atoms with Crippen molar-refractivity contribution in [2.75, 3.05) is 44.2 Å². The summed E-state index contributed by atoms with van der Waals surface area (Å²) in [6.45, 7) is 13.5. The monoisotopic (exact) mass is 707 g/mol. The van der Waals surface area contributed by atoms with Crippen molar-refractivity contribution in [2.45, 2.75) is 49.8 Å². The molecular weight excluding hydrogens is 663 g/mol. The average Bonchev–Trinajstić information content (AvgIpc) is 3.54. The van der Waals surface area contributed by atoms with E-state index in [1.54, 1.807) is 46.8 Å². The maximum absolute atomic E-state index is 14.0. The third kappa shape index (κ3) is 9.49. The summed E-state index contributed by atoms with van der Waals surface area (Å²) >= 11 is 1.60. The lowest BCUT2D eigenvalue weighted by atomic mass is 10.1. The number of rotatable bonds is 13. The Morgan fingerprint density at radius 1 is 0.896 bits per heavy atom.